The summed E-state index contributed by atoms with van der Waals surface area (Å²) in [4.78, 5) is 0. The van der Waals surface area contributed by atoms with Crippen molar-refractivity contribution < 1.29 is 0 Å². The number of nitrogens with zero attached hydrogens (tertiary/aromatic N) is 2. The molecule has 2 nitrogen and oxygen atoms in total. The molecule has 6 rings (SSSR count). The van der Waals surface area contributed by atoms with Gasteiger partial charge < -0.3 is 9.13 Å². The van der Waals surface area contributed by atoms with Gasteiger partial charge in [-0.1, -0.05) is 112 Å². The van der Waals surface area contributed by atoms with E-state index in [1.165, 1.54) is 62.2 Å². The van der Waals surface area contributed by atoms with Crippen LogP contribution in [0.15, 0.2) is 115 Å². The summed E-state index contributed by atoms with van der Waals surface area (Å²) in [5.41, 5.74) is 7.80. The standard InChI is InChI=1S/C21H27NSi.C15H13N/c1-5-23(6-2,7-3)21-16-19-15-18(13-14-20(19)22(21)4)17-11-9-8-10-12-17;1-16-10-9-14-11-13(7-8-15(14)16)12-5-3-2-4-6-12/h8-16H,5-7H2,1-4H3;2-11H,1H3. The van der Waals surface area contributed by atoms with Gasteiger partial charge in [0.15, 0.2) is 0 Å². The van der Waals surface area contributed by atoms with E-state index in [1.807, 2.05) is 6.07 Å². The summed E-state index contributed by atoms with van der Waals surface area (Å²) in [5.74, 6) is 0. The SMILES string of the molecule is CC[Si](CC)(CC)c1cc2cc(-c3ccccc3)ccc2n1C.Cn1ccc2cc(-c3ccccc3)ccc21. The molecule has 3 heteroatoms. The fraction of sp³-hybridized carbons (Fsp3) is 0.222. The summed E-state index contributed by atoms with van der Waals surface area (Å²) in [5, 5.41) is 4.30. The van der Waals surface area contributed by atoms with Crippen LogP contribution in [0.1, 0.15) is 20.8 Å². The first-order valence-corrected chi connectivity index (χ1v) is 16.9. The van der Waals surface area contributed by atoms with Gasteiger partial charge in [0.05, 0.1) is 0 Å². The lowest BCUT2D eigenvalue weighted by molar-refractivity contribution is 0.969. The van der Waals surface area contributed by atoms with Crippen LogP contribution in [-0.4, -0.2) is 17.2 Å². The molecule has 0 saturated carbocycles. The Morgan fingerprint density at radius 1 is 0.513 bits per heavy atom. The van der Waals surface area contributed by atoms with Crippen LogP contribution in [0.25, 0.3) is 44.1 Å². The van der Waals surface area contributed by atoms with E-state index in [-0.39, 0.29) is 0 Å². The maximum atomic E-state index is 2.48. The molecule has 39 heavy (non-hydrogen) atoms. The van der Waals surface area contributed by atoms with Gasteiger partial charge in [-0.15, -0.1) is 0 Å². The lowest BCUT2D eigenvalue weighted by atomic mass is 10.0. The molecule has 0 N–H and O–H groups in total. The first-order chi connectivity index (χ1) is 19.0. The molecule has 198 valence electrons. The van der Waals surface area contributed by atoms with Gasteiger partial charge in [0.25, 0.3) is 0 Å². The summed E-state index contributed by atoms with van der Waals surface area (Å²) >= 11 is 0. The lowest BCUT2D eigenvalue weighted by Gasteiger charge is -2.28. The number of hydrogen-bond donors (Lipinski definition) is 0. The fourth-order valence-corrected chi connectivity index (χ4v) is 9.93. The minimum Gasteiger partial charge on any atom is -0.352 e. The number of fused-ring (bicyclic) bond motifs is 2. The molecule has 0 spiro atoms. The van der Waals surface area contributed by atoms with Crippen molar-refractivity contribution in [1.29, 1.82) is 0 Å². The summed E-state index contributed by atoms with van der Waals surface area (Å²) in [6.45, 7) is 7.14. The zero-order valence-electron chi connectivity index (χ0n) is 24.0. The van der Waals surface area contributed by atoms with Gasteiger partial charge in [-0.3, -0.25) is 0 Å². The van der Waals surface area contributed by atoms with Crippen LogP contribution in [0.4, 0.5) is 0 Å². The molecule has 2 aromatic heterocycles. The second-order valence-corrected chi connectivity index (χ2v) is 15.8. The number of aromatic nitrogens is 2. The molecule has 0 fully saturated rings. The highest BCUT2D eigenvalue weighted by Gasteiger charge is 2.32. The van der Waals surface area contributed by atoms with Crippen molar-refractivity contribution in [3.05, 3.63) is 115 Å². The van der Waals surface area contributed by atoms with Gasteiger partial charge in [0.1, 0.15) is 8.07 Å². The molecule has 0 atom stereocenters. The molecule has 0 amide bonds. The smallest absolute Gasteiger partial charge is 0.107 e. The van der Waals surface area contributed by atoms with Gasteiger partial charge in [0, 0.05) is 47.4 Å². The van der Waals surface area contributed by atoms with E-state index in [9.17, 15) is 0 Å². The Morgan fingerprint density at radius 2 is 1.03 bits per heavy atom. The average molecular weight is 529 g/mol. The van der Waals surface area contributed by atoms with Crippen molar-refractivity contribution >= 4 is 35.2 Å². The zero-order valence-corrected chi connectivity index (χ0v) is 25.0. The van der Waals surface area contributed by atoms with E-state index in [0.717, 1.165) is 0 Å². The van der Waals surface area contributed by atoms with Crippen LogP contribution >= 0.6 is 0 Å². The molecule has 0 bridgehead atoms. The fourth-order valence-electron chi connectivity index (χ4n) is 6.05. The molecule has 0 radical (unpaired) electrons. The molecule has 2 heterocycles. The van der Waals surface area contributed by atoms with Crippen molar-refractivity contribution in [1.82, 2.24) is 9.13 Å². The highest BCUT2D eigenvalue weighted by atomic mass is 28.3. The Hall–Kier alpha value is -3.82. The summed E-state index contributed by atoms with van der Waals surface area (Å²) in [7, 11) is 2.97. The van der Waals surface area contributed by atoms with Gasteiger partial charge in [-0.05, 0) is 58.7 Å². The van der Waals surface area contributed by atoms with E-state index in [1.54, 1.807) is 5.32 Å². The largest absolute Gasteiger partial charge is 0.352 e. The minimum absolute atomic E-state index is 1.27. The van der Waals surface area contributed by atoms with Crippen LogP contribution in [0.3, 0.4) is 0 Å². The number of benzene rings is 4. The van der Waals surface area contributed by atoms with E-state index >= 15 is 0 Å². The zero-order chi connectivity index (χ0) is 27.4. The molecule has 0 unspecified atom stereocenters. The molecule has 0 aliphatic rings. The Bertz CT molecular complexity index is 1660. The van der Waals surface area contributed by atoms with E-state index in [2.05, 4.69) is 153 Å². The summed E-state index contributed by atoms with van der Waals surface area (Å²) in [6, 6.07) is 43.3. The van der Waals surface area contributed by atoms with Gasteiger partial charge in [-0.2, -0.15) is 0 Å². The van der Waals surface area contributed by atoms with Crippen LogP contribution in [0.5, 0.6) is 0 Å². The van der Waals surface area contributed by atoms with Crippen molar-refractivity contribution in [2.24, 2.45) is 14.1 Å². The van der Waals surface area contributed by atoms with Gasteiger partial charge in [-0.25, -0.2) is 0 Å². The second-order valence-electron chi connectivity index (χ2n) is 10.6. The first kappa shape index (κ1) is 26.8. The predicted octanol–water partition coefficient (Wildman–Crippen LogP) is 9.41. The van der Waals surface area contributed by atoms with Gasteiger partial charge in [0.2, 0.25) is 0 Å². The lowest BCUT2D eigenvalue weighted by Crippen LogP contribution is -2.48. The average Bonchev–Trinajstić information content (AvgIpc) is 3.54. The normalized spacial score (nSPS) is 11.5. The van der Waals surface area contributed by atoms with E-state index in [0.29, 0.717) is 0 Å². The van der Waals surface area contributed by atoms with Crippen molar-refractivity contribution in [2.45, 2.75) is 38.9 Å². The highest BCUT2D eigenvalue weighted by Crippen LogP contribution is 2.28. The molecule has 4 aromatic carbocycles. The van der Waals surface area contributed by atoms with Crippen LogP contribution in [0, 0.1) is 0 Å². The van der Waals surface area contributed by atoms with Gasteiger partial charge >= 0.3 is 0 Å². The number of aryl methyl sites for hydroxylation is 2. The van der Waals surface area contributed by atoms with E-state index < -0.39 is 8.07 Å². The minimum atomic E-state index is -1.35. The predicted molar refractivity (Wildman–Crippen MR) is 174 cm³/mol. The van der Waals surface area contributed by atoms with Crippen LogP contribution < -0.4 is 5.32 Å². The van der Waals surface area contributed by atoms with Crippen molar-refractivity contribution in [3.63, 3.8) is 0 Å². The third-order valence-electron chi connectivity index (χ3n) is 8.72. The molecular formula is C36H40N2Si. The highest BCUT2D eigenvalue weighted by molar-refractivity contribution is 6.91. The van der Waals surface area contributed by atoms with Crippen molar-refractivity contribution in [2.75, 3.05) is 0 Å². The monoisotopic (exact) mass is 528 g/mol. The maximum absolute atomic E-state index is 2.48. The summed E-state index contributed by atoms with van der Waals surface area (Å²) < 4.78 is 4.61. The molecular weight excluding hydrogens is 488 g/mol. The second kappa shape index (κ2) is 11.5. The molecule has 0 aliphatic carbocycles. The Balaban J connectivity index is 0.000000168. The topological polar surface area (TPSA) is 9.86 Å². The Labute approximate surface area is 234 Å². The third kappa shape index (κ3) is 5.24. The first-order valence-electron chi connectivity index (χ1n) is 14.3. The third-order valence-corrected chi connectivity index (χ3v) is 14.3. The maximum Gasteiger partial charge on any atom is 0.107 e. The summed E-state index contributed by atoms with van der Waals surface area (Å²) in [6.07, 6.45) is 2.10. The number of hydrogen-bond acceptors (Lipinski definition) is 0. The molecule has 0 saturated heterocycles. The number of rotatable bonds is 6. The molecule has 0 aliphatic heterocycles. The van der Waals surface area contributed by atoms with Crippen LogP contribution in [-0.2, 0) is 14.1 Å². The van der Waals surface area contributed by atoms with Crippen molar-refractivity contribution in [3.8, 4) is 22.3 Å². The van der Waals surface area contributed by atoms with E-state index in [4.69, 9.17) is 0 Å². The Kier molecular flexibility index (Phi) is 7.90. The quantitative estimate of drug-likeness (QED) is 0.191. The Morgan fingerprint density at radius 3 is 1.56 bits per heavy atom. The molecule has 6 aromatic rings. The van der Waals surface area contributed by atoms with Crippen LogP contribution in [0.2, 0.25) is 18.1 Å².